The van der Waals surface area contributed by atoms with Crippen LogP contribution >= 0.6 is 15.8 Å². The lowest BCUT2D eigenvalue weighted by atomic mass is 10.1. The van der Waals surface area contributed by atoms with Gasteiger partial charge in [0.2, 0.25) is 0 Å². The molecule has 2 aromatic rings. The summed E-state index contributed by atoms with van der Waals surface area (Å²) in [5.74, 6) is 0. The Morgan fingerprint density at radius 1 is 0.710 bits per heavy atom. The molecule has 0 saturated carbocycles. The summed E-state index contributed by atoms with van der Waals surface area (Å²) in [6.45, 7) is 21.5. The van der Waals surface area contributed by atoms with Crippen molar-refractivity contribution in [3.8, 4) is 0 Å². The first-order valence-corrected chi connectivity index (χ1v) is 14.3. The summed E-state index contributed by atoms with van der Waals surface area (Å²) in [5, 5.41) is 3.60. The summed E-state index contributed by atoms with van der Waals surface area (Å²) in [6.07, 6.45) is 7.25. The van der Waals surface area contributed by atoms with Crippen molar-refractivity contribution >= 4 is 26.5 Å². The van der Waals surface area contributed by atoms with Crippen LogP contribution in [-0.4, -0.2) is 21.6 Å². The van der Waals surface area contributed by atoms with Crippen molar-refractivity contribution in [3.05, 3.63) is 83.5 Å². The predicted molar refractivity (Wildman–Crippen MR) is 145 cm³/mol. The molecule has 0 heterocycles. The first kappa shape index (κ1) is 24.4. The average molecular weight is 451 g/mol. The third kappa shape index (κ3) is 5.59. The number of aryl methyl sites for hydroxylation is 2. The maximum Gasteiger partial charge on any atom is 0.0273 e. The van der Waals surface area contributed by atoms with E-state index in [0.717, 1.165) is 0 Å². The molecule has 0 N–H and O–H groups in total. The van der Waals surface area contributed by atoms with Crippen molar-refractivity contribution in [2.24, 2.45) is 0 Å². The number of hydrogen-bond donors (Lipinski definition) is 0. The monoisotopic (exact) mass is 450 g/mol. The van der Waals surface area contributed by atoms with Gasteiger partial charge >= 0.3 is 0 Å². The van der Waals surface area contributed by atoms with E-state index in [-0.39, 0.29) is 7.92 Å². The molecule has 0 nitrogen and oxygen atoms in total. The summed E-state index contributed by atoms with van der Waals surface area (Å²) in [4.78, 5) is 0. The Morgan fingerprint density at radius 2 is 1.13 bits per heavy atom. The van der Waals surface area contributed by atoms with E-state index in [1.165, 1.54) is 21.7 Å². The Labute approximate surface area is 193 Å². The molecular weight excluding hydrogens is 410 g/mol. The zero-order valence-electron chi connectivity index (χ0n) is 20.9. The Hall–Kier alpha value is -1.22. The molecule has 2 unspecified atom stereocenters. The van der Waals surface area contributed by atoms with E-state index in [4.69, 9.17) is 0 Å². The summed E-state index contributed by atoms with van der Waals surface area (Å²) >= 11 is 0. The largest absolute Gasteiger partial charge is 0.0885 e. The van der Waals surface area contributed by atoms with Crippen LogP contribution in [0.1, 0.15) is 59.6 Å². The topological polar surface area (TPSA) is 0 Å². The number of hydrogen-bond acceptors (Lipinski definition) is 0. The maximum atomic E-state index is 2.51. The second-order valence-electron chi connectivity index (χ2n) is 10.9. The van der Waals surface area contributed by atoms with Gasteiger partial charge in [0.1, 0.15) is 0 Å². The van der Waals surface area contributed by atoms with Crippen LogP contribution in [0.3, 0.4) is 0 Å². The fraction of sp³-hybridized carbons (Fsp3) is 0.448. The van der Waals surface area contributed by atoms with Crippen molar-refractivity contribution < 1.29 is 0 Å². The molecule has 31 heavy (non-hydrogen) atoms. The van der Waals surface area contributed by atoms with Crippen LogP contribution in [0.15, 0.2) is 72.3 Å². The molecule has 2 aromatic carbocycles. The van der Waals surface area contributed by atoms with E-state index in [1.54, 1.807) is 5.57 Å². The van der Waals surface area contributed by atoms with E-state index >= 15 is 0 Å². The van der Waals surface area contributed by atoms with E-state index in [0.29, 0.717) is 21.6 Å². The van der Waals surface area contributed by atoms with Crippen molar-refractivity contribution in [2.45, 2.75) is 83.9 Å². The first-order valence-electron chi connectivity index (χ1n) is 11.5. The molecule has 2 atom stereocenters. The number of allylic oxidation sites excluding steroid dienone is 4. The molecule has 1 aliphatic carbocycles. The highest BCUT2D eigenvalue weighted by molar-refractivity contribution is 7.74. The Balaban J connectivity index is 2.06. The van der Waals surface area contributed by atoms with Crippen LogP contribution in [0, 0.1) is 13.8 Å². The van der Waals surface area contributed by atoms with Crippen LogP contribution < -0.4 is 10.6 Å². The molecule has 0 saturated heterocycles. The minimum Gasteiger partial charge on any atom is -0.0885 e. The lowest BCUT2D eigenvalue weighted by molar-refractivity contribution is 0.693. The maximum absolute atomic E-state index is 2.51. The van der Waals surface area contributed by atoms with Crippen LogP contribution in [0.2, 0.25) is 0 Å². The summed E-state index contributed by atoms with van der Waals surface area (Å²) < 4.78 is 0. The third-order valence-electron chi connectivity index (χ3n) is 6.14. The van der Waals surface area contributed by atoms with E-state index < -0.39 is 7.92 Å². The van der Waals surface area contributed by atoms with E-state index in [9.17, 15) is 0 Å². The predicted octanol–water partition coefficient (Wildman–Crippen LogP) is 8.07. The molecule has 0 aliphatic heterocycles. The summed E-state index contributed by atoms with van der Waals surface area (Å²) in [6, 6.07) is 18.6. The molecule has 0 spiro atoms. The summed E-state index contributed by atoms with van der Waals surface area (Å²) in [5.41, 5.74) is 5.37. The first-order chi connectivity index (χ1) is 14.4. The van der Waals surface area contributed by atoms with Gasteiger partial charge in [-0.2, -0.15) is 0 Å². The smallest absolute Gasteiger partial charge is 0.0273 e. The molecular formula is C29H40P2. The van der Waals surface area contributed by atoms with Crippen molar-refractivity contribution in [3.63, 3.8) is 0 Å². The highest BCUT2D eigenvalue weighted by atomic mass is 31.1. The molecule has 1 aliphatic rings. The van der Waals surface area contributed by atoms with Crippen molar-refractivity contribution in [1.82, 2.24) is 0 Å². The van der Waals surface area contributed by atoms with E-state index in [1.807, 2.05) is 0 Å². The molecule has 0 amide bonds. The second-order valence-corrected chi connectivity index (χ2v) is 17.5. The van der Waals surface area contributed by atoms with Gasteiger partial charge in [-0.15, -0.1) is 0 Å². The minimum absolute atomic E-state index is 0.212. The van der Waals surface area contributed by atoms with Gasteiger partial charge in [-0.1, -0.05) is 140 Å². The average Bonchev–Trinajstić information content (AvgIpc) is 3.12. The Bertz CT molecular complexity index is 875. The van der Waals surface area contributed by atoms with Gasteiger partial charge in [0.15, 0.2) is 0 Å². The molecule has 3 rings (SSSR count). The van der Waals surface area contributed by atoms with E-state index in [2.05, 4.69) is 129 Å². The van der Waals surface area contributed by atoms with Gasteiger partial charge in [-0.25, -0.2) is 0 Å². The highest BCUT2D eigenvalue weighted by Crippen LogP contribution is 2.65. The normalized spacial score (nSPS) is 18.0. The van der Waals surface area contributed by atoms with Gasteiger partial charge in [0, 0.05) is 5.66 Å². The van der Waals surface area contributed by atoms with Crippen molar-refractivity contribution in [1.29, 1.82) is 0 Å². The standard InChI is InChI=1S/C29H40P2/c1-21-13-17-24(18-14-21)30(25-19-15-22(2)16-20-25)27-12-10-11-26(27)23(3)31(28(4,5)6)29(7,8)9/h10-20,23,27H,1-9H3. The molecule has 0 radical (unpaired) electrons. The van der Waals surface area contributed by atoms with Gasteiger partial charge in [0.05, 0.1) is 0 Å². The molecule has 0 bridgehead atoms. The number of rotatable bonds is 5. The van der Waals surface area contributed by atoms with Crippen LogP contribution in [0.25, 0.3) is 0 Å². The minimum atomic E-state index is -0.490. The molecule has 0 aromatic heterocycles. The molecule has 0 fully saturated rings. The third-order valence-corrected chi connectivity index (χ3v) is 12.8. The molecule has 166 valence electrons. The fourth-order valence-electron chi connectivity index (χ4n) is 5.30. The SMILES string of the molecule is Cc1ccc(P(c2ccc(C)cc2)C2C=CC=C2C(C)P(C(C)(C)C)C(C)(C)C)cc1. The van der Waals surface area contributed by atoms with Gasteiger partial charge < -0.3 is 0 Å². The molecule has 2 heteroatoms. The number of benzene rings is 2. The lowest BCUT2D eigenvalue weighted by Gasteiger charge is -2.47. The summed E-state index contributed by atoms with van der Waals surface area (Å²) in [7, 11) is -0.702. The Morgan fingerprint density at radius 3 is 1.52 bits per heavy atom. The van der Waals surface area contributed by atoms with Crippen LogP contribution in [0.4, 0.5) is 0 Å². The van der Waals surface area contributed by atoms with Gasteiger partial charge in [-0.05, 0) is 48.3 Å². The Kier molecular flexibility index (Phi) is 7.35. The van der Waals surface area contributed by atoms with Crippen LogP contribution in [0.5, 0.6) is 0 Å². The zero-order chi connectivity index (χ0) is 23.0. The highest BCUT2D eigenvalue weighted by Gasteiger charge is 2.42. The second kappa shape index (κ2) is 9.33. The van der Waals surface area contributed by atoms with Crippen LogP contribution in [-0.2, 0) is 0 Å². The fourth-order valence-corrected chi connectivity index (χ4v) is 13.1. The van der Waals surface area contributed by atoms with Gasteiger partial charge in [0.25, 0.3) is 0 Å². The zero-order valence-corrected chi connectivity index (χ0v) is 22.7. The lowest BCUT2D eigenvalue weighted by Crippen LogP contribution is -2.33. The quantitative estimate of drug-likeness (QED) is 0.404. The van der Waals surface area contributed by atoms with Crippen molar-refractivity contribution in [2.75, 3.05) is 0 Å². The van der Waals surface area contributed by atoms with Gasteiger partial charge in [-0.3, -0.25) is 0 Å².